The molecule has 190 valence electrons. The van der Waals surface area contributed by atoms with Crippen molar-refractivity contribution in [2.45, 2.75) is 62.9 Å². The highest BCUT2D eigenvalue weighted by Gasteiger charge is 2.55. The zero-order chi connectivity index (χ0) is 25.3. The van der Waals surface area contributed by atoms with Crippen molar-refractivity contribution < 1.29 is 9.53 Å². The van der Waals surface area contributed by atoms with Gasteiger partial charge in [0.15, 0.2) is 0 Å². The molecule has 5 rings (SSSR count). The average molecular weight is 489 g/mol. The molecule has 0 radical (unpaired) electrons. The van der Waals surface area contributed by atoms with Crippen LogP contribution < -0.4 is 9.64 Å². The first-order valence-electron chi connectivity index (χ1n) is 13.1. The second kappa shape index (κ2) is 9.70. The summed E-state index contributed by atoms with van der Waals surface area (Å²) in [6.45, 7) is 4.58. The summed E-state index contributed by atoms with van der Waals surface area (Å²) in [6.07, 6.45) is 9.03. The summed E-state index contributed by atoms with van der Waals surface area (Å²) in [4.78, 5) is 28.8. The van der Waals surface area contributed by atoms with Crippen LogP contribution in [0.2, 0.25) is 0 Å². The molecule has 0 atom stereocenters. The maximum Gasteiger partial charge on any atom is 0.325 e. The molecule has 36 heavy (non-hydrogen) atoms. The number of amides is 2. The van der Waals surface area contributed by atoms with Crippen molar-refractivity contribution >= 4 is 11.7 Å². The van der Waals surface area contributed by atoms with Gasteiger partial charge in [0.2, 0.25) is 11.7 Å². The highest BCUT2D eigenvalue weighted by molar-refractivity contribution is 5.96. The van der Waals surface area contributed by atoms with Crippen molar-refractivity contribution in [1.82, 2.24) is 19.8 Å². The number of ether oxygens (including phenoxy) is 1. The Morgan fingerprint density at radius 1 is 1.19 bits per heavy atom. The molecule has 2 amide bonds. The Balaban J connectivity index is 1.48. The number of nitriles is 1. The SMILES string of the molecule is CCN(C)[C@]1(c2ccccc2)CC[C@@]2(CC1)CN(c1cnc(C#N)nc1OC)C(=O)N2CC1CCC1. The van der Waals surface area contributed by atoms with E-state index in [0.717, 1.165) is 38.8 Å². The Morgan fingerprint density at radius 3 is 2.50 bits per heavy atom. The van der Waals surface area contributed by atoms with Crippen LogP contribution in [0.3, 0.4) is 0 Å². The molecule has 3 fully saturated rings. The summed E-state index contributed by atoms with van der Waals surface area (Å²) in [5.74, 6) is 0.885. The molecule has 0 N–H and O–H groups in total. The van der Waals surface area contributed by atoms with Crippen LogP contribution in [0.1, 0.15) is 63.3 Å². The van der Waals surface area contributed by atoms with E-state index in [0.29, 0.717) is 18.2 Å². The Hall–Kier alpha value is -3.18. The second-order valence-corrected chi connectivity index (χ2v) is 10.6. The fourth-order valence-electron chi connectivity index (χ4n) is 6.44. The predicted molar refractivity (Wildman–Crippen MR) is 138 cm³/mol. The third kappa shape index (κ3) is 4.00. The van der Waals surface area contributed by atoms with Gasteiger partial charge in [-0.25, -0.2) is 9.78 Å². The number of carbonyl (C=O) groups is 1. The summed E-state index contributed by atoms with van der Waals surface area (Å²) < 4.78 is 5.49. The van der Waals surface area contributed by atoms with Gasteiger partial charge in [-0.05, 0) is 63.6 Å². The number of urea groups is 1. The van der Waals surface area contributed by atoms with Crippen LogP contribution >= 0.6 is 0 Å². The van der Waals surface area contributed by atoms with Gasteiger partial charge in [0, 0.05) is 12.1 Å². The Bertz CT molecular complexity index is 1130. The van der Waals surface area contributed by atoms with E-state index in [1.54, 1.807) is 11.1 Å². The van der Waals surface area contributed by atoms with E-state index in [4.69, 9.17) is 4.74 Å². The summed E-state index contributed by atoms with van der Waals surface area (Å²) in [7, 11) is 3.74. The third-order valence-corrected chi connectivity index (χ3v) is 9.00. The largest absolute Gasteiger partial charge is 0.479 e. The van der Waals surface area contributed by atoms with E-state index in [1.165, 1.54) is 31.9 Å². The lowest BCUT2D eigenvalue weighted by Crippen LogP contribution is -2.57. The van der Waals surface area contributed by atoms with Gasteiger partial charge in [0.05, 0.1) is 25.4 Å². The molecule has 0 bridgehead atoms. The smallest absolute Gasteiger partial charge is 0.325 e. The molecular weight excluding hydrogens is 452 g/mol. The first-order valence-corrected chi connectivity index (χ1v) is 13.1. The molecule has 0 unspecified atom stereocenters. The van der Waals surface area contributed by atoms with Crippen LogP contribution in [-0.4, -0.2) is 65.1 Å². The van der Waals surface area contributed by atoms with Gasteiger partial charge in [0.1, 0.15) is 11.8 Å². The zero-order valence-corrected chi connectivity index (χ0v) is 21.6. The molecule has 8 nitrogen and oxygen atoms in total. The van der Waals surface area contributed by atoms with Gasteiger partial charge >= 0.3 is 6.03 Å². The van der Waals surface area contributed by atoms with E-state index in [2.05, 4.69) is 64.1 Å². The summed E-state index contributed by atoms with van der Waals surface area (Å²) in [5, 5.41) is 9.22. The van der Waals surface area contributed by atoms with E-state index < -0.39 is 0 Å². The van der Waals surface area contributed by atoms with E-state index in [-0.39, 0.29) is 28.8 Å². The average Bonchev–Trinajstić information content (AvgIpc) is 3.16. The first-order chi connectivity index (χ1) is 17.5. The molecule has 1 aromatic carbocycles. The van der Waals surface area contributed by atoms with E-state index in [9.17, 15) is 10.1 Å². The molecule has 2 aromatic rings. The lowest BCUT2D eigenvalue weighted by molar-refractivity contribution is 0.00833. The number of hydrogen-bond acceptors (Lipinski definition) is 6. The van der Waals surface area contributed by atoms with Crippen LogP contribution in [0.15, 0.2) is 36.5 Å². The van der Waals surface area contributed by atoms with Gasteiger partial charge in [-0.2, -0.15) is 10.2 Å². The lowest BCUT2D eigenvalue weighted by Gasteiger charge is -2.52. The van der Waals surface area contributed by atoms with E-state index >= 15 is 0 Å². The molecule has 1 aliphatic heterocycles. The number of benzene rings is 1. The highest BCUT2D eigenvalue weighted by atomic mass is 16.5. The number of nitrogens with zero attached hydrogens (tertiary/aromatic N) is 6. The standard InChI is InChI=1S/C28H36N6O2/c1-4-32(2)28(22-11-6-5-7-12-22)15-13-27(14-16-28)20-33(26(35)34(27)19-21-9-8-10-21)23-18-30-24(17-29)31-25(23)36-3/h5-7,11-12,18,21H,4,8-10,13-16,19-20H2,1-3H3/t27-,28-. The van der Waals surface area contributed by atoms with Crippen LogP contribution in [0, 0.1) is 17.2 Å². The van der Waals surface area contributed by atoms with Crippen molar-refractivity contribution in [2.24, 2.45) is 5.92 Å². The van der Waals surface area contributed by atoms with Crippen LogP contribution in [-0.2, 0) is 5.54 Å². The molecule has 3 aliphatic rings. The maximum atomic E-state index is 14.0. The quantitative estimate of drug-likeness (QED) is 0.568. The third-order valence-electron chi connectivity index (χ3n) is 9.00. The Kier molecular flexibility index (Phi) is 6.60. The molecule has 1 saturated heterocycles. The number of aromatic nitrogens is 2. The summed E-state index contributed by atoms with van der Waals surface area (Å²) in [6, 6.07) is 12.8. The molecular formula is C28H36N6O2. The zero-order valence-electron chi connectivity index (χ0n) is 21.6. The number of hydrogen-bond donors (Lipinski definition) is 0. The number of rotatable bonds is 7. The maximum absolute atomic E-state index is 14.0. The van der Waals surface area contributed by atoms with Gasteiger partial charge in [-0.15, -0.1) is 0 Å². The topological polar surface area (TPSA) is 85.6 Å². The predicted octanol–water partition coefficient (Wildman–Crippen LogP) is 4.56. The minimum Gasteiger partial charge on any atom is -0.479 e. The minimum absolute atomic E-state index is 0.00423. The highest BCUT2D eigenvalue weighted by Crippen LogP contribution is 2.51. The van der Waals surface area contributed by atoms with Gasteiger partial charge in [-0.1, -0.05) is 43.7 Å². The first kappa shape index (κ1) is 24.5. The van der Waals surface area contributed by atoms with Gasteiger partial charge in [-0.3, -0.25) is 9.80 Å². The van der Waals surface area contributed by atoms with Gasteiger partial charge < -0.3 is 9.64 Å². The fraction of sp³-hybridized carbons (Fsp3) is 0.571. The van der Waals surface area contributed by atoms with Gasteiger partial charge in [0.25, 0.3) is 0 Å². The Labute approximate surface area is 213 Å². The molecule has 2 saturated carbocycles. The van der Waals surface area contributed by atoms with Crippen LogP contribution in [0.25, 0.3) is 0 Å². The number of carbonyl (C=O) groups excluding carboxylic acids is 1. The molecule has 2 heterocycles. The number of methoxy groups -OCH3 is 1. The number of anilines is 1. The van der Waals surface area contributed by atoms with Crippen molar-refractivity contribution in [3.05, 3.63) is 47.9 Å². The summed E-state index contributed by atoms with van der Waals surface area (Å²) in [5.41, 5.74) is 1.63. The molecule has 1 spiro atoms. The van der Waals surface area contributed by atoms with Crippen molar-refractivity contribution in [1.29, 1.82) is 5.26 Å². The normalized spacial score (nSPS) is 26.4. The fourth-order valence-corrected chi connectivity index (χ4v) is 6.44. The van der Waals surface area contributed by atoms with Crippen LogP contribution in [0.5, 0.6) is 5.88 Å². The van der Waals surface area contributed by atoms with Crippen molar-refractivity contribution in [3.63, 3.8) is 0 Å². The second-order valence-electron chi connectivity index (χ2n) is 10.6. The lowest BCUT2D eigenvalue weighted by atomic mass is 9.68. The van der Waals surface area contributed by atoms with E-state index in [1.807, 2.05) is 6.07 Å². The Morgan fingerprint density at radius 2 is 1.92 bits per heavy atom. The molecule has 8 heteroatoms. The monoisotopic (exact) mass is 488 g/mol. The molecule has 1 aromatic heterocycles. The van der Waals surface area contributed by atoms with Crippen molar-refractivity contribution in [3.8, 4) is 11.9 Å². The minimum atomic E-state index is -0.238. The van der Waals surface area contributed by atoms with Crippen molar-refractivity contribution in [2.75, 3.05) is 38.7 Å². The van der Waals surface area contributed by atoms with Crippen LogP contribution in [0.4, 0.5) is 10.5 Å². The molecule has 2 aliphatic carbocycles. The summed E-state index contributed by atoms with van der Waals surface area (Å²) >= 11 is 0.